The van der Waals surface area contributed by atoms with Gasteiger partial charge in [0.15, 0.2) is 4.96 Å². The molecule has 29 heavy (non-hydrogen) atoms. The highest BCUT2D eigenvalue weighted by Gasteiger charge is 2.24. The van der Waals surface area contributed by atoms with Crippen LogP contribution in [0.2, 0.25) is 0 Å². The maximum atomic E-state index is 12.6. The summed E-state index contributed by atoms with van der Waals surface area (Å²) in [7, 11) is 1.71. The number of rotatable bonds is 3. The summed E-state index contributed by atoms with van der Waals surface area (Å²) in [4.78, 5) is 22.7. The van der Waals surface area contributed by atoms with Crippen LogP contribution in [0.4, 0.5) is 0 Å². The fourth-order valence-corrected chi connectivity index (χ4v) is 4.36. The van der Waals surface area contributed by atoms with Crippen LogP contribution in [-0.4, -0.2) is 41.9 Å². The van der Waals surface area contributed by atoms with Gasteiger partial charge in [-0.25, -0.2) is 9.97 Å². The zero-order chi connectivity index (χ0) is 19.5. The van der Waals surface area contributed by atoms with E-state index in [1.807, 2.05) is 51.1 Å². The van der Waals surface area contributed by atoms with Gasteiger partial charge in [0.05, 0.1) is 42.2 Å². The maximum absolute atomic E-state index is 12.6. The van der Waals surface area contributed by atoms with Crippen LogP contribution in [0.25, 0.3) is 38.5 Å². The van der Waals surface area contributed by atoms with Crippen molar-refractivity contribution < 1.29 is 4.74 Å². The summed E-state index contributed by atoms with van der Waals surface area (Å²) < 4.78 is 10.8. The van der Waals surface area contributed by atoms with Crippen molar-refractivity contribution >= 4 is 27.2 Å². The van der Waals surface area contributed by atoms with E-state index in [0.717, 1.165) is 27.6 Å². The number of nitrogens with zero attached hydrogens (tertiary/aromatic N) is 6. The zero-order valence-corrected chi connectivity index (χ0v) is 16.3. The molecule has 0 bridgehead atoms. The number of fused-ring (bicyclic) bond motifs is 2. The lowest BCUT2D eigenvalue weighted by Crippen LogP contribution is -2.30. The second-order valence-corrected chi connectivity index (χ2v) is 8.00. The number of ether oxygens (including phenoxy) is 1. The van der Waals surface area contributed by atoms with Crippen molar-refractivity contribution in [3.8, 4) is 22.6 Å². The largest absolute Gasteiger partial charge is 0.377 e. The first-order valence-electron chi connectivity index (χ1n) is 9.23. The van der Waals surface area contributed by atoms with Crippen molar-refractivity contribution in [1.82, 2.24) is 28.7 Å². The Bertz CT molecular complexity index is 1440. The van der Waals surface area contributed by atoms with Gasteiger partial charge in [-0.05, 0) is 18.2 Å². The molecule has 1 saturated heterocycles. The van der Waals surface area contributed by atoms with Gasteiger partial charge in [-0.3, -0.25) is 13.9 Å². The van der Waals surface area contributed by atoms with Crippen LogP contribution >= 0.6 is 11.3 Å². The molecule has 0 saturated carbocycles. The molecular formula is C20H16N6O2S. The molecule has 0 amide bonds. The first kappa shape index (κ1) is 16.6. The lowest BCUT2D eigenvalue weighted by molar-refractivity contribution is -0.0285. The molecular weight excluding hydrogens is 388 g/mol. The molecule has 8 nitrogen and oxygen atoms in total. The fraction of sp³-hybridized carbons (Fsp3) is 0.200. The highest BCUT2D eigenvalue weighted by Crippen LogP contribution is 2.34. The summed E-state index contributed by atoms with van der Waals surface area (Å²) in [5.74, 6) is 0. The molecule has 1 aliphatic rings. The minimum atomic E-state index is -0.0706. The van der Waals surface area contributed by atoms with Crippen LogP contribution in [0.1, 0.15) is 6.04 Å². The third-order valence-electron chi connectivity index (χ3n) is 5.30. The highest BCUT2D eigenvalue weighted by atomic mass is 32.1. The van der Waals surface area contributed by atoms with Gasteiger partial charge in [0.1, 0.15) is 11.4 Å². The number of aromatic nitrogens is 6. The van der Waals surface area contributed by atoms with E-state index in [4.69, 9.17) is 14.8 Å². The van der Waals surface area contributed by atoms with E-state index in [2.05, 4.69) is 4.98 Å². The predicted octanol–water partition coefficient (Wildman–Crippen LogP) is 2.74. The smallest absolute Gasteiger partial charge is 0.260 e. The van der Waals surface area contributed by atoms with Crippen molar-refractivity contribution in [2.45, 2.75) is 6.04 Å². The first-order chi connectivity index (χ1) is 14.2. The number of hydrogen-bond donors (Lipinski definition) is 0. The first-order valence-corrected chi connectivity index (χ1v) is 10.1. The normalized spacial score (nSPS) is 14.7. The topological polar surface area (TPSA) is 79.2 Å². The van der Waals surface area contributed by atoms with Crippen molar-refractivity contribution in [3.63, 3.8) is 0 Å². The Morgan fingerprint density at radius 2 is 2.10 bits per heavy atom. The van der Waals surface area contributed by atoms with E-state index >= 15 is 0 Å². The van der Waals surface area contributed by atoms with Crippen LogP contribution in [0.3, 0.4) is 0 Å². The Balaban J connectivity index is 1.57. The molecule has 4 aromatic heterocycles. The van der Waals surface area contributed by atoms with Crippen molar-refractivity contribution in [3.05, 3.63) is 58.7 Å². The third kappa shape index (κ3) is 2.48. The van der Waals surface area contributed by atoms with Gasteiger partial charge in [0.25, 0.3) is 5.56 Å². The second kappa shape index (κ2) is 6.10. The Kier molecular flexibility index (Phi) is 3.50. The van der Waals surface area contributed by atoms with Crippen molar-refractivity contribution in [2.24, 2.45) is 7.05 Å². The molecule has 1 aliphatic heterocycles. The van der Waals surface area contributed by atoms with Crippen molar-refractivity contribution in [2.75, 3.05) is 13.2 Å². The zero-order valence-electron chi connectivity index (χ0n) is 15.5. The van der Waals surface area contributed by atoms with Crippen LogP contribution in [0.15, 0.2) is 53.2 Å². The Morgan fingerprint density at radius 3 is 2.93 bits per heavy atom. The summed E-state index contributed by atoms with van der Waals surface area (Å²) in [6.07, 6.45) is 5.51. The van der Waals surface area contributed by atoms with Gasteiger partial charge < -0.3 is 9.30 Å². The van der Waals surface area contributed by atoms with Crippen LogP contribution in [-0.2, 0) is 11.8 Å². The summed E-state index contributed by atoms with van der Waals surface area (Å²) in [6.45, 7) is 1.38. The molecule has 0 unspecified atom stereocenters. The van der Waals surface area contributed by atoms with E-state index in [0.29, 0.717) is 24.1 Å². The molecule has 0 spiro atoms. The van der Waals surface area contributed by atoms with Gasteiger partial charge in [0, 0.05) is 30.4 Å². The third-order valence-corrected chi connectivity index (χ3v) is 6.06. The van der Waals surface area contributed by atoms with E-state index < -0.39 is 0 Å². The monoisotopic (exact) mass is 404 g/mol. The van der Waals surface area contributed by atoms with Gasteiger partial charge in [-0.2, -0.15) is 5.10 Å². The summed E-state index contributed by atoms with van der Waals surface area (Å²) in [5, 5.41) is 7.33. The van der Waals surface area contributed by atoms with Gasteiger partial charge in [-0.1, -0.05) is 6.07 Å². The number of aryl methyl sites for hydroxylation is 1. The lowest BCUT2D eigenvalue weighted by Gasteiger charge is -2.25. The highest BCUT2D eigenvalue weighted by molar-refractivity contribution is 7.15. The average molecular weight is 404 g/mol. The number of thiazole rings is 1. The SMILES string of the molecule is Cn1cnc2ccc(-c3c(-c4ccn(C5COC5)n4)nc4sccn34)cc2c1=O. The Morgan fingerprint density at radius 1 is 1.21 bits per heavy atom. The predicted molar refractivity (Wildman–Crippen MR) is 110 cm³/mol. The van der Waals surface area contributed by atoms with Crippen LogP contribution in [0.5, 0.6) is 0 Å². The summed E-state index contributed by atoms with van der Waals surface area (Å²) >= 11 is 1.57. The summed E-state index contributed by atoms with van der Waals surface area (Å²) in [5.41, 5.74) is 4.05. The van der Waals surface area contributed by atoms with Gasteiger partial charge >= 0.3 is 0 Å². The Hall–Kier alpha value is -3.30. The van der Waals surface area contributed by atoms with Crippen LogP contribution in [0, 0.1) is 0 Å². The number of hydrogen-bond acceptors (Lipinski definition) is 6. The molecule has 1 fully saturated rings. The summed E-state index contributed by atoms with van der Waals surface area (Å²) in [6, 6.07) is 8.02. The molecule has 9 heteroatoms. The van der Waals surface area contributed by atoms with E-state index in [-0.39, 0.29) is 11.6 Å². The van der Waals surface area contributed by atoms with E-state index in [9.17, 15) is 4.79 Å². The molecule has 5 heterocycles. The molecule has 0 aliphatic carbocycles. The van der Waals surface area contributed by atoms with Crippen molar-refractivity contribution in [1.29, 1.82) is 0 Å². The maximum Gasteiger partial charge on any atom is 0.260 e. The van der Waals surface area contributed by atoms with E-state index in [1.54, 1.807) is 24.7 Å². The molecule has 0 N–H and O–H groups in total. The second-order valence-electron chi connectivity index (χ2n) is 7.13. The van der Waals surface area contributed by atoms with Gasteiger partial charge in [0.2, 0.25) is 0 Å². The molecule has 6 rings (SSSR count). The molecule has 5 aromatic rings. The molecule has 0 radical (unpaired) electrons. The molecule has 144 valence electrons. The average Bonchev–Trinajstić information content (AvgIpc) is 3.39. The number of benzene rings is 1. The Labute approximate surface area is 168 Å². The lowest BCUT2D eigenvalue weighted by atomic mass is 10.1. The van der Waals surface area contributed by atoms with E-state index in [1.165, 1.54) is 4.57 Å². The number of imidazole rings is 1. The van der Waals surface area contributed by atoms with Crippen LogP contribution < -0.4 is 5.56 Å². The minimum absolute atomic E-state index is 0.0706. The standard InChI is InChI=1S/C20H16N6O2S/c1-24-11-21-15-3-2-12(8-14(15)19(24)27)18-17(22-20-25(18)6-7-29-20)16-4-5-26(23-16)13-9-28-10-13/h2-8,11,13H,9-10H2,1H3. The molecule has 0 atom stereocenters. The fourth-order valence-electron chi connectivity index (χ4n) is 3.64. The quantitative estimate of drug-likeness (QED) is 0.462. The minimum Gasteiger partial charge on any atom is -0.377 e. The molecule has 1 aromatic carbocycles. The van der Waals surface area contributed by atoms with Gasteiger partial charge in [-0.15, -0.1) is 11.3 Å².